The van der Waals surface area contributed by atoms with Gasteiger partial charge in [-0.1, -0.05) is 24.3 Å². The number of hydrogen-bond acceptors (Lipinski definition) is 4. The van der Waals surface area contributed by atoms with Crippen molar-refractivity contribution in [2.24, 2.45) is 5.14 Å². The molecule has 7 heteroatoms. The first kappa shape index (κ1) is 14.2. The Labute approximate surface area is 106 Å². The van der Waals surface area contributed by atoms with E-state index in [4.69, 9.17) is 15.1 Å². The summed E-state index contributed by atoms with van der Waals surface area (Å²) in [4.78, 5) is 0. The molecule has 0 aliphatic heterocycles. The summed E-state index contributed by atoms with van der Waals surface area (Å²) in [7, 11) is -2.35. The highest BCUT2D eigenvalue weighted by Gasteiger charge is 2.09. The number of hydrogen-bond donors (Lipinski definition) is 2. The average molecular weight is 267 g/mol. The molecule has 1 aromatic carbocycles. The van der Waals surface area contributed by atoms with Crippen molar-refractivity contribution in [3.05, 3.63) is 35.4 Å². The lowest BCUT2D eigenvalue weighted by atomic mass is 10.1. The monoisotopic (exact) mass is 267 g/mol. The first-order chi connectivity index (χ1) is 8.48. The Hall–Kier alpha value is -1.88. The van der Waals surface area contributed by atoms with Gasteiger partial charge in [-0.25, -0.2) is 5.14 Å². The summed E-state index contributed by atoms with van der Waals surface area (Å²) < 4.78 is 28.9. The zero-order chi connectivity index (χ0) is 13.6. The maximum absolute atomic E-state index is 11.0. The smallest absolute Gasteiger partial charge is 0.296 e. The second-order valence-corrected chi connectivity index (χ2v) is 4.68. The molecule has 0 aliphatic rings. The molecule has 1 rings (SSSR count). The fourth-order valence-electron chi connectivity index (χ4n) is 1.34. The van der Waals surface area contributed by atoms with E-state index in [-0.39, 0.29) is 11.3 Å². The van der Waals surface area contributed by atoms with Crippen LogP contribution in [-0.2, 0) is 14.9 Å². The van der Waals surface area contributed by atoms with Gasteiger partial charge in [0.25, 0.3) is 10.2 Å². The van der Waals surface area contributed by atoms with Crippen molar-refractivity contribution in [1.82, 2.24) is 0 Å². The van der Waals surface area contributed by atoms with Crippen LogP contribution in [0.2, 0.25) is 0 Å². The minimum absolute atomic E-state index is 0.152. The Balaban J connectivity index is 3.15. The third-order valence-corrected chi connectivity index (χ3v) is 2.53. The number of nitrogens with zero attached hydrogens (tertiary/aromatic N) is 1. The van der Waals surface area contributed by atoms with Crippen LogP contribution in [0.25, 0.3) is 6.08 Å². The van der Waals surface area contributed by atoms with Crippen LogP contribution in [0.5, 0.6) is 0 Å². The minimum Gasteiger partial charge on any atom is -0.381 e. The topological polar surface area (TPSA) is 105 Å². The molecule has 96 valence electrons. The molecule has 18 heavy (non-hydrogen) atoms. The molecule has 0 unspecified atom stereocenters. The molecule has 3 N–H and O–H groups in total. The van der Waals surface area contributed by atoms with Crippen LogP contribution in [0, 0.1) is 11.3 Å². The van der Waals surface area contributed by atoms with Gasteiger partial charge in [0.2, 0.25) is 0 Å². The molecule has 1 aromatic rings. The number of anilines is 1. The third-order valence-electron chi connectivity index (χ3n) is 2.02. The fraction of sp³-hybridized carbons (Fsp3) is 0.182. The number of nitriles is 1. The van der Waals surface area contributed by atoms with Gasteiger partial charge in [-0.3, -0.25) is 4.72 Å². The van der Waals surface area contributed by atoms with Gasteiger partial charge in [-0.05, 0) is 11.6 Å². The molecule has 0 spiro atoms. The molecule has 0 atom stereocenters. The van der Waals surface area contributed by atoms with E-state index in [1.807, 2.05) is 6.07 Å². The van der Waals surface area contributed by atoms with E-state index in [2.05, 4.69) is 4.72 Å². The van der Waals surface area contributed by atoms with Crippen LogP contribution in [0.1, 0.15) is 11.1 Å². The van der Waals surface area contributed by atoms with Gasteiger partial charge in [0.1, 0.15) is 6.07 Å². The second-order valence-electron chi connectivity index (χ2n) is 3.39. The maximum Gasteiger partial charge on any atom is 0.296 e. The van der Waals surface area contributed by atoms with Crippen LogP contribution < -0.4 is 9.86 Å². The third kappa shape index (κ3) is 4.18. The van der Waals surface area contributed by atoms with Gasteiger partial charge in [-0.2, -0.15) is 13.7 Å². The predicted octanol–water partition coefficient (Wildman–Crippen LogP) is 0.833. The maximum atomic E-state index is 11.0. The number of nitrogens with one attached hydrogen (secondary N) is 1. The highest BCUT2D eigenvalue weighted by atomic mass is 32.2. The summed E-state index contributed by atoms with van der Waals surface area (Å²) in [6.07, 6.45) is 3.40. The molecule has 0 aliphatic carbocycles. The summed E-state index contributed by atoms with van der Waals surface area (Å²) >= 11 is 0. The lowest BCUT2D eigenvalue weighted by molar-refractivity contribution is 0.234. The van der Waals surface area contributed by atoms with E-state index in [1.165, 1.54) is 6.07 Å². The van der Waals surface area contributed by atoms with Crippen molar-refractivity contribution in [1.29, 1.82) is 5.26 Å². The SMILES string of the molecule is COCC=Cc1cccc(NS(N)(=O)=O)c1C#N. The summed E-state index contributed by atoms with van der Waals surface area (Å²) in [5.74, 6) is 0. The van der Waals surface area contributed by atoms with Crippen LogP contribution in [-0.4, -0.2) is 22.1 Å². The highest BCUT2D eigenvalue weighted by Crippen LogP contribution is 2.20. The van der Waals surface area contributed by atoms with Crippen molar-refractivity contribution in [3.8, 4) is 6.07 Å². The number of benzene rings is 1. The average Bonchev–Trinajstić information content (AvgIpc) is 2.27. The summed E-state index contributed by atoms with van der Waals surface area (Å²) in [5, 5.41) is 13.9. The molecule has 0 fully saturated rings. The quantitative estimate of drug-likeness (QED) is 0.824. The van der Waals surface area contributed by atoms with E-state index in [1.54, 1.807) is 31.4 Å². The molecular formula is C11H13N3O3S. The van der Waals surface area contributed by atoms with Crippen LogP contribution in [0.3, 0.4) is 0 Å². The van der Waals surface area contributed by atoms with Crippen molar-refractivity contribution < 1.29 is 13.2 Å². The van der Waals surface area contributed by atoms with E-state index in [9.17, 15) is 8.42 Å². The van der Waals surface area contributed by atoms with Crippen molar-refractivity contribution in [3.63, 3.8) is 0 Å². The Morgan fingerprint density at radius 3 is 2.83 bits per heavy atom. The van der Waals surface area contributed by atoms with Crippen molar-refractivity contribution in [2.75, 3.05) is 18.4 Å². The minimum atomic E-state index is -3.90. The first-order valence-electron chi connectivity index (χ1n) is 4.97. The normalized spacial score (nSPS) is 11.4. The molecule has 0 heterocycles. The Kier molecular flexibility index (Phi) is 4.85. The zero-order valence-corrected chi connectivity index (χ0v) is 10.6. The molecule has 6 nitrogen and oxygen atoms in total. The van der Waals surface area contributed by atoms with Gasteiger partial charge in [0, 0.05) is 7.11 Å². The number of ether oxygens (including phenoxy) is 1. The van der Waals surface area contributed by atoms with Crippen LogP contribution in [0.15, 0.2) is 24.3 Å². The molecule has 0 amide bonds. The lowest BCUT2D eigenvalue weighted by Gasteiger charge is -2.07. The number of methoxy groups -OCH3 is 1. The summed E-state index contributed by atoms with van der Waals surface area (Å²) in [6.45, 7) is 0.401. The van der Waals surface area contributed by atoms with Gasteiger partial charge in [0.15, 0.2) is 0 Å². The van der Waals surface area contributed by atoms with E-state index in [0.717, 1.165) is 0 Å². The Morgan fingerprint density at radius 1 is 1.56 bits per heavy atom. The first-order valence-corrected chi connectivity index (χ1v) is 6.51. The second kappa shape index (κ2) is 6.16. The molecule has 0 saturated carbocycles. The van der Waals surface area contributed by atoms with Crippen LogP contribution in [0.4, 0.5) is 5.69 Å². The largest absolute Gasteiger partial charge is 0.381 e. The molecular weight excluding hydrogens is 254 g/mol. The number of rotatable bonds is 5. The zero-order valence-electron chi connectivity index (χ0n) is 9.75. The number of nitrogens with two attached hydrogens (primary N) is 1. The predicted molar refractivity (Wildman–Crippen MR) is 68.8 cm³/mol. The molecule has 0 saturated heterocycles. The molecule has 0 radical (unpaired) electrons. The standard InChI is InChI=1S/C11H13N3O3S/c1-17-7-3-5-9-4-2-6-11(10(9)8-12)14-18(13,15)16/h2-6,14H,7H2,1H3,(H2,13,15,16). The van der Waals surface area contributed by atoms with Gasteiger partial charge in [0.05, 0.1) is 17.9 Å². The molecule has 0 bridgehead atoms. The van der Waals surface area contributed by atoms with E-state index < -0.39 is 10.2 Å². The van der Waals surface area contributed by atoms with Crippen molar-refractivity contribution >= 4 is 22.0 Å². The van der Waals surface area contributed by atoms with Crippen molar-refractivity contribution in [2.45, 2.75) is 0 Å². The van der Waals surface area contributed by atoms with E-state index >= 15 is 0 Å². The lowest BCUT2D eigenvalue weighted by Crippen LogP contribution is -2.22. The van der Waals surface area contributed by atoms with Gasteiger partial charge in [-0.15, -0.1) is 0 Å². The fourth-order valence-corrected chi connectivity index (χ4v) is 1.82. The summed E-state index contributed by atoms with van der Waals surface area (Å²) in [6, 6.07) is 6.73. The van der Waals surface area contributed by atoms with E-state index in [0.29, 0.717) is 12.2 Å². The Morgan fingerprint density at radius 2 is 2.28 bits per heavy atom. The highest BCUT2D eigenvalue weighted by molar-refractivity contribution is 7.90. The summed E-state index contributed by atoms with van der Waals surface area (Å²) in [5.41, 5.74) is 0.946. The molecule has 0 aromatic heterocycles. The Bertz CT molecular complexity index is 588. The van der Waals surface area contributed by atoms with Gasteiger partial charge >= 0.3 is 0 Å². The van der Waals surface area contributed by atoms with Gasteiger partial charge < -0.3 is 4.74 Å². The van der Waals surface area contributed by atoms with Crippen LogP contribution >= 0.6 is 0 Å².